The summed E-state index contributed by atoms with van der Waals surface area (Å²) in [6, 6.07) is 7.34. The second-order valence-corrected chi connectivity index (χ2v) is 3.70. The van der Waals surface area contributed by atoms with Crippen LogP contribution >= 0.6 is 0 Å². The van der Waals surface area contributed by atoms with Crippen molar-refractivity contribution in [3.05, 3.63) is 42.2 Å². The van der Waals surface area contributed by atoms with Crippen molar-refractivity contribution in [3.63, 3.8) is 0 Å². The van der Waals surface area contributed by atoms with E-state index < -0.39 is 6.10 Å². The standard InChI is InChI=1S/C12H14N2O2/c1-9(15)10-3-5-11(6-4-10)16-12-7-13-14(2)8-12/h3-9,15H,1-2H3/t9-/m0/s1. The van der Waals surface area contributed by atoms with Crippen molar-refractivity contribution >= 4 is 0 Å². The van der Waals surface area contributed by atoms with Crippen molar-refractivity contribution in [3.8, 4) is 11.5 Å². The number of aryl methyl sites for hydroxylation is 1. The molecule has 1 aromatic carbocycles. The van der Waals surface area contributed by atoms with Gasteiger partial charge in [0.2, 0.25) is 0 Å². The van der Waals surface area contributed by atoms with Gasteiger partial charge in [-0.1, -0.05) is 12.1 Å². The quantitative estimate of drug-likeness (QED) is 0.859. The molecule has 0 aliphatic heterocycles. The number of nitrogens with zero attached hydrogens (tertiary/aromatic N) is 2. The average Bonchev–Trinajstić information content (AvgIpc) is 2.65. The summed E-state index contributed by atoms with van der Waals surface area (Å²) in [5.74, 6) is 1.43. The van der Waals surface area contributed by atoms with Gasteiger partial charge in [-0.05, 0) is 24.6 Å². The summed E-state index contributed by atoms with van der Waals surface area (Å²) >= 11 is 0. The Hall–Kier alpha value is -1.81. The van der Waals surface area contributed by atoms with Gasteiger partial charge >= 0.3 is 0 Å². The summed E-state index contributed by atoms with van der Waals surface area (Å²) in [5.41, 5.74) is 0.874. The van der Waals surface area contributed by atoms with Crippen LogP contribution in [-0.4, -0.2) is 14.9 Å². The normalized spacial score (nSPS) is 12.4. The Kier molecular flexibility index (Phi) is 2.92. The molecule has 0 fully saturated rings. The molecular formula is C12H14N2O2. The average molecular weight is 218 g/mol. The third-order valence-electron chi connectivity index (χ3n) is 2.28. The van der Waals surface area contributed by atoms with Crippen LogP contribution in [0.5, 0.6) is 11.5 Å². The number of aliphatic hydroxyl groups excluding tert-OH is 1. The third-order valence-corrected chi connectivity index (χ3v) is 2.28. The van der Waals surface area contributed by atoms with E-state index in [0.717, 1.165) is 11.3 Å². The molecule has 0 spiro atoms. The zero-order valence-electron chi connectivity index (χ0n) is 9.29. The van der Waals surface area contributed by atoms with Gasteiger partial charge in [-0.25, -0.2) is 0 Å². The second kappa shape index (κ2) is 4.37. The van der Waals surface area contributed by atoms with Gasteiger partial charge in [-0.2, -0.15) is 5.10 Å². The topological polar surface area (TPSA) is 47.3 Å². The second-order valence-electron chi connectivity index (χ2n) is 3.70. The van der Waals surface area contributed by atoms with Gasteiger partial charge < -0.3 is 9.84 Å². The minimum Gasteiger partial charge on any atom is -0.454 e. The fraction of sp³-hybridized carbons (Fsp3) is 0.250. The molecular weight excluding hydrogens is 204 g/mol. The number of aromatic nitrogens is 2. The molecule has 84 valence electrons. The minimum atomic E-state index is -0.451. The van der Waals surface area contributed by atoms with Crippen molar-refractivity contribution in [2.24, 2.45) is 7.05 Å². The maximum absolute atomic E-state index is 9.35. The molecule has 0 unspecified atom stereocenters. The highest BCUT2D eigenvalue weighted by Crippen LogP contribution is 2.22. The molecule has 1 heterocycles. The van der Waals surface area contributed by atoms with E-state index in [0.29, 0.717) is 5.75 Å². The van der Waals surface area contributed by atoms with Crippen LogP contribution in [0, 0.1) is 0 Å². The predicted octanol–water partition coefficient (Wildman–Crippen LogP) is 2.27. The monoisotopic (exact) mass is 218 g/mol. The molecule has 1 aromatic heterocycles. The van der Waals surface area contributed by atoms with Gasteiger partial charge in [0.25, 0.3) is 0 Å². The van der Waals surface area contributed by atoms with E-state index in [1.165, 1.54) is 0 Å². The maximum atomic E-state index is 9.35. The molecule has 0 saturated carbocycles. The molecule has 4 heteroatoms. The van der Waals surface area contributed by atoms with Crippen LogP contribution < -0.4 is 4.74 Å². The first kappa shape index (κ1) is 10.7. The zero-order valence-corrected chi connectivity index (χ0v) is 9.29. The van der Waals surface area contributed by atoms with Crippen LogP contribution in [-0.2, 0) is 7.05 Å². The number of hydrogen-bond donors (Lipinski definition) is 1. The van der Waals surface area contributed by atoms with Gasteiger partial charge in [0.05, 0.1) is 18.5 Å². The Morgan fingerprint density at radius 3 is 2.44 bits per heavy atom. The van der Waals surface area contributed by atoms with Crippen LogP contribution in [0.1, 0.15) is 18.6 Å². The largest absolute Gasteiger partial charge is 0.454 e. The van der Waals surface area contributed by atoms with Crippen molar-refractivity contribution in [1.82, 2.24) is 9.78 Å². The smallest absolute Gasteiger partial charge is 0.165 e. The Morgan fingerprint density at radius 1 is 1.25 bits per heavy atom. The van der Waals surface area contributed by atoms with E-state index in [2.05, 4.69) is 5.10 Å². The molecule has 16 heavy (non-hydrogen) atoms. The van der Waals surface area contributed by atoms with Crippen LogP contribution in [0.2, 0.25) is 0 Å². The van der Waals surface area contributed by atoms with Crippen molar-refractivity contribution in [2.45, 2.75) is 13.0 Å². The van der Waals surface area contributed by atoms with Crippen molar-refractivity contribution in [2.75, 3.05) is 0 Å². The van der Waals surface area contributed by atoms with Crippen molar-refractivity contribution in [1.29, 1.82) is 0 Å². The van der Waals surface area contributed by atoms with Crippen LogP contribution in [0.3, 0.4) is 0 Å². The lowest BCUT2D eigenvalue weighted by Crippen LogP contribution is -1.90. The van der Waals surface area contributed by atoms with Crippen molar-refractivity contribution < 1.29 is 9.84 Å². The highest BCUT2D eigenvalue weighted by atomic mass is 16.5. The first-order valence-electron chi connectivity index (χ1n) is 5.09. The molecule has 2 aromatic rings. The Morgan fingerprint density at radius 2 is 1.94 bits per heavy atom. The Balaban J connectivity index is 2.11. The van der Waals surface area contributed by atoms with Gasteiger partial charge in [-0.15, -0.1) is 0 Å². The molecule has 0 aliphatic carbocycles. The first-order chi connectivity index (χ1) is 7.65. The lowest BCUT2D eigenvalue weighted by molar-refractivity contribution is 0.199. The zero-order chi connectivity index (χ0) is 11.5. The summed E-state index contributed by atoms with van der Waals surface area (Å²) < 4.78 is 7.25. The van der Waals surface area contributed by atoms with Gasteiger partial charge in [0, 0.05) is 7.05 Å². The highest BCUT2D eigenvalue weighted by molar-refractivity contribution is 5.31. The molecule has 0 aliphatic rings. The molecule has 0 saturated heterocycles. The number of ether oxygens (including phenoxy) is 1. The molecule has 1 N–H and O–H groups in total. The van der Waals surface area contributed by atoms with Crippen LogP contribution in [0.15, 0.2) is 36.7 Å². The van der Waals surface area contributed by atoms with E-state index in [-0.39, 0.29) is 0 Å². The van der Waals surface area contributed by atoms with Crippen LogP contribution in [0.4, 0.5) is 0 Å². The number of aliphatic hydroxyl groups is 1. The Bertz CT molecular complexity index is 460. The molecule has 1 atom stereocenters. The van der Waals surface area contributed by atoms with E-state index in [9.17, 15) is 5.11 Å². The third kappa shape index (κ3) is 2.41. The molecule has 4 nitrogen and oxygen atoms in total. The number of hydrogen-bond acceptors (Lipinski definition) is 3. The predicted molar refractivity (Wildman–Crippen MR) is 60.4 cm³/mol. The van der Waals surface area contributed by atoms with Gasteiger partial charge in [0.15, 0.2) is 5.75 Å². The summed E-state index contributed by atoms with van der Waals surface area (Å²) in [7, 11) is 1.84. The van der Waals surface area contributed by atoms with Gasteiger partial charge in [-0.3, -0.25) is 4.68 Å². The fourth-order valence-electron chi connectivity index (χ4n) is 1.40. The Labute approximate surface area is 94.1 Å². The summed E-state index contributed by atoms with van der Waals surface area (Å²) in [6.45, 7) is 1.73. The summed E-state index contributed by atoms with van der Waals surface area (Å²) in [4.78, 5) is 0. The summed E-state index contributed by atoms with van der Waals surface area (Å²) in [6.07, 6.45) is 3.00. The van der Waals surface area contributed by atoms with E-state index in [4.69, 9.17) is 4.74 Å². The minimum absolute atomic E-state index is 0.451. The first-order valence-corrected chi connectivity index (χ1v) is 5.09. The SMILES string of the molecule is C[C@H](O)c1ccc(Oc2cnn(C)c2)cc1. The van der Waals surface area contributed by atoms with E-state index in [1.807, 2.05) is 31.3 Å². The molecule has 2 rings (SSSR count). The van der Waals surface area contributed by atoms with Crippen LogP contribution in [0.25, 0.3) is 0 Å². The van der Waals surface area contributed by atoms with E-state index in [1.54, 1.807) is 24.0 Å². The fourth-order valence-corrected chi connectivity index (χ4v) is 1.40. The molecule has 0 radical (unpaired) electrons. The molecule has 0 bridgehead atoms. The highest BCUT2D eigenvalue weighted by Gasteiger charge is 2.02. The van der Waals surface area contributed by atoms with E-state index >= 15 is 0 Å². The molecule has 0 amide bonds. The lowest BCUT2D eigenvalue weighted by atomic mass is 10.1. The number of rotatable bonds is 3. The summed E-state index contributed by atoms with van der Waals surface area (Å²) in [5, 5.41) is 13.4. The van der Waals surface area contributed by atoms with Gasteiger partial charge in [0.1, 0.15) is 5.75 Å². The number of benzene rings is 1. The maximum Gasteiger partial charge on any atom is 0.165 e. The lowest BCUT2D eigenvalue weighted by Gasteiger charge is -2.06.